The van der Waals surface area contributed by atoms with Gasteiger partial charge in [0.1, 0.15) is 0 Å². The number of nitrogen functional groups attached to an aromatic ring is 1. The molecule has 0 radical (unpaired) electrons. The van der Waals surface area contributed by atoms with E-state index < -0.39 is 0 Å². The molecule has 0 aliphatic carbocycles. The van der Waals surface area contributed by atoms with Crippen LogP contribution < -0.4 is 5.73 Å². The molecule has 1 aliphatic heterocycles. The molecule has 3 rings (SSSR count). The van der Waals surface area contributed by atoms with Crippen LogP contribution in [0.2, 0.25) is 0 Å². The lowest BCUT2D eigenvalue weighted by molar-refractivity contribution is 0.994. The Bertz CT molecular complexity index is 637. The van der Waals surface area contributed by atoms with E-state index in [4.69, 9.17) is 5.73 Å². The maximum absolute atomic E-state index is 5.72. The Kier molecular flexibility index (Phi) is 3.15. The predicted octanol–water partition coefficient (Wildman–Crippen LogP) is 3.68. The number of hydrogen-bond donors (Lipinski definition) is 1. The van der Waals surface area contributed by atoms with E-state index in [0.29, 0.717) is 0 Å². The Hall–Kier alpha value is -2.35. The Morgan fingerprint density at radius 3 is 2.42 bits per heavy atom. The van der Waals surface area contributed by atoms with Crippen molar-refractivity contribution < 1.29 is 0 Å². The van der Waals surface area contributed by atoms with Gasteiger partial charge in [0.05, 0.1) is 5.71 Å². The van der Waals surface area contributed by atoms with Crippen molar-refractivity contribution in [2.45, 2.75) is 6.42 Å². The molecule has 0 atom stereocenters. The largest absolute Gasteiger partial charge is 0.399 e. The van der Waals surface area contributed by atoms with E-state index >= 15 is 0 Å². The molecule has 2 aromatic rings. The third-order valence-electron chi connectivity index (χ3n) is 3.26. The molecule has 94 valence electrons. The zero-order valence-corrected chi connectivity index (χ0v) is 10.7. The smallest absolute Gasteiger partial charge is 0.0643 e. The van der Waals surface area contributed by atoms with Crippen molar-refractivity contribution in [3.8, 4) is 11.1 Å². The summed E-state index contributed by atoms with van der Waals surface area (Å²) in [6, 6.07) is 16.4. The Balaban J connectivity index is 1.98. The zero-order chi connectivity index (χ0) is 13.1. The summed E-state index contributed by atoms with van der Waals surface area (Å²) < 4.78 is 0. The number of benzene rings is 2. The standard InChI is InChI=1S/C17H16N2/c18-16-9-7-13(8-10-16)14-4-3-5-15(12-14)17-6-1-2-11-19-17/h1,3-10,12H,2,11,18H2. The van der Waals surface area contributed by atoms with Gasteiger partial charge in [0.25, 0.3) is 0 Å². The molecule has 0 fully saturated rings. The second kappa shape index (κ2) is 5.11. The van der Waals surface area contributed by atoms with E-state index in [1.165, 1.54) is 16.7 Å². The van der Waals surface area contributed by atoms with E-state index in [-0.39, 0.29) is 0 Å². The van der Waals surface area contributed by atoms with Crippen LogP contribution >= 0.6 is 0 Å². The van der Waals surface area contributed by atoms with Gasteiger partial charge in [-0.15, -0.1) is 0 Å². The van der Waals surface area contributed by atoms with Crippen LogP contribution in [0, 0.1) is 0 Å². The van der Waals surface area contributed by atoms with Crippen molar-refractivity contribution >= 4 is 11.4 Å². The number of aliphatic imine (C=N–C) groups is 1. The third-order valence-corrected chi connectivity index (χ3v) is 3.26. The summed E-state index contributed by atoms with van der Waals surface area (Å²) >= 11 is 0. The van der Waals surface area contributed by atoms with Crippen LogP contribution in [0.5, 0.6) is 0 Å². The molecular weight excluding hydrogens is 232 g/mol. The molecule has 1 aliphatic rings. The average molecular weight is 248 g/mol. The van der Waals surface area contributed by atoms with E-state index in [2.05, 4.69) is 41.4 Å². The van der Waals surface area contributed by atoms with Crippen molar-refractivity contribution in [3.05, 3.63) is 66.2 Å². The van der Waals surface area contributed by atoms with Gasteiger partial charge in [-0.3, -0.25) is 4.99 Å². The van der Waals surface area contributed by atoms with Crippen molar-refractivity contribution in [1.82, 2.24) is 0 Å². The maximum Gasteiger partial charge on any atom is 0.0643 e. The molecule has 0 spiro atoms. The lowest BCUT2D eigenvalue weighted by Crippen LogP contribution is -2.02. The molecule has 2 N–H and O–H groups in total. The number of dihydropyridines is 1. The minimum atomic E-state index is 0.791. The van der Waals surface area contributed by atoms with Gasteiger partial charge in [-0.25, -0.2) is 0 Å². The van der Waals surface area contributed by atoms with Gasteiger partial charge in [-0.05, 0) is 41.8 Å². The molecule has 0 aromatic heterocycles. The minimum absolute atomic E-state index is 0.791. The molecule has 2 heteroatoms. The van der Waals surface area contributed by atoms with Crippen molar-refractivity contribution in [2.24, 2.45) is 4.99 Å². The first kappa shape index (κ1) is 11.7. The van der Waals surface area contributed by atoms with Crippen LogP contribution in [0.25, 0.3) is 11.1 Å². The number of allylic oxidation sites excluding steroid dienone is 1. The fraction of sp³-hybridized carbons (Fsp3) is 0.118. The number of nitrogens with two attached hydrogens (primary N) is 1. The monoisotopic (exact) mass is 248 g/mol. The van der Waals surface area contributed by atoms with Crippen LogP contribution in [0.1, 0.15) is 12.0 Å². The zero-order valence-electron chi connectivity index (χ0n) is 10.7. The minimum Gasteiger partial charge on any atom is -0.399 e. The highest BCUT2D eigenvalue weighted by molar-refractivity contribution is 6.09. The average Bonchev–Trinajstić information content (AvgIpc) is 2.49. The van der Waals surface area contributed by atoms with Crippen LogP contribution in [0.3, 0.4) is 0 Å². The van der Waals surface area contributed by atoms with Gasteiger partial charge in [0.15, 0.2) is 0 Å². The summed E-state index contributed by atoms with van der Waals surface area (Å²) in [6.07, 6.45) is 5.32. The second-order valence-electron chi connectivity index (χ2n) is 4.66. The number of nitrogens with zero attached hydrogens (tertiary/aromatic N) is 1. The molecule has 2 aromatic carbocycles. The predicted molar refractivity (Wildman–Crippen MR) is 81.5 cm³/mol. The molecule has 0 saturated carbocycles. The second-order valence-corrected chi connectivity index (χ2v) is 4.66. The van der Waals surface area contributed by atoms with Crippen molar-refractivity contribution in [2.75, 3.05) is 12.3 Å². The van der Waals surface area contributed by atoms with E-state index in [9.17, 15) is 0 Å². The highest BCUT2D eigenvalue weighted by Gasteiger charge is 2.05. The summed E-state index contributed by atoms with van der Waals surface area (Å²) in [6.45, 7) is 0.887. The molecule has 0 saturated heterocycles. The molecule has 0 bridgehead atoms. The first-order valence-corrected chi connectivity index (χ1v) is 6.50. The van der Waals surface area contributed by atoms with E-state index in [1.807, 2.05) is 24.3 Å². The third kappa shape index (κ3) is 2.58. The Labute approximate surface area is 113 Å². The van der Waals surface area contributed by atoms with E-state index in [0.717, 1.165) is 24.4 Å². The first-order valence-electron chi connectivity index (χ1n) is 6.50. The maximum atomic E-state index is 5.72. The van der Waals surface area contributed by atoms with Crippen LogP contribution in [-0.2, 0) is 0 Å². The van der Waals surface area contributed by atoms with Gasteiger partial charge in [-0.2, -0.15) is 0 Å². The fourth-order valence-corrected chi connectivity index (χ4v) is 2.23. The van der Waals surface area contributed by atoms with Crippen molar-refractivity contribution in [1.29, 1.82) is 0 Å². The lowest BCUT2D eigenvalue weighted by Gasteiger charge is -2.09. The summed E-state index contributed by atoms with van der Waals surface area (Å²) in [5.41, 5.74) is 11.1. The first-order chi connectivity index (χ1) is 9.33. The van der Waals surface area contributed by atoms with E-state index in [1.54, 1.807) is 0 Å². The molecular formula is C17H16N2. The van der Waals surface area contributed by atoms with Gasteiger partial charge in [0, 0.05) is 17.8 Å². The summed E-state index contributed by atoms with van der Waals surface area (Å²) in [5.74, 6) is 0. The normalized spacial score (nSPS) is 14.2. The Morgan fingerprint density at radius 2 is 1.68 bits per heavy atom. The highest BCUT2D eigenvalue weighted by atomic mass is 14.7. The van der Waals surface area contributed by atoms with Crippen molar-refractivity contribution in [3.63, 3.8) is 0 Å². The quantitative estimate of drug-likeness (QED) is 0.809. The SMILES string of the molecule is Nc1ccc(-c2cccc(C3=NCCC=C3)c2)cc1. The summed E-state index contributed by atoms with van der Waals surface area (Å²) in [5, 5.41) is 0. The van der Waals surface area contributed by atoms with Crippen LogP contribution in [-0.4, -0.2) is 12.3 Å². The van der Waals surface area contributed by atoms with Gasteiger partial charge in [0.2, 0.25) is 0 Å². The van der Waals surface area contributed by atoms with Gasteiger partial charge >= 0.3 is 0 Å². The number of rotatable bonds is 2. The number of anilines is 1. The van der Waals surface area contributed by atoms with Gasteiger partial charge in [-0.1, -0.05) is 36.4 Å². The summed E-state index contributed by atoms with van der Waals surface area (Å²) in [4.78, 5) is 4.56. The van der Waals surface area contributed by atoms with Crippen LogP contribution in [0.15, 0.2) is 65.7 Å². The Morgan fingerprint density at radius 1 is 0.895 bits per heavy atom. The van der Waals surface area contributed by atoms with Gasteiger partial charge < -0.3 is 5.73 Å². The molecule has 19 heavy (non-hydrogen) atoms. The molecule has 0 amide bonds. The molecule has 2 nitrogen and oxygen atoms in total. The topological polar surface area (TPSA) is 38.4 Å². The lowest BCUT2D eigenvalue weighted by atomic mass is 10.00. The molecule has 0 unspecified atom stereocenters. The molecule has 1 heterocycles. The van der Waals surface area contributed by atoms with Crippen LogP contribution in [0.4, 0.5) is 5.69 Å². The highest BCUT2D eigenvalue weighted by Crippen LogP contribution is 2.22. The summed E-state index contributed by atoms with van der Waals surface area (Å²) in [7, 11) is 0. The fourth-order valence-electron chi connectivity index (χ4n) is 2.23. The number of hydrogen-bond acceptors (Lipinski definition) is 2.